The van der Waals surface area contributed by atoms with Crippen molar-refractivity contribution in [3.63, 3.8) is 0 Å². The maximum absolute atomic E-state index is 12.3. The molecule has 1 aromatic heterocycles. The number of para-hydroxylation sites is 1. The van der Waals surface area contributed by atoms with Gasteiger partial charge in [0.1, 0.15) is 5.69 Å². The topological polar surface area (TPSA) is 44.9 Å². The van der Waals surface area contributed by atoms with Gasteiger partial charge in [-0.25, -0.2) is 0 Å². The standard InChI is InChI=1S/C17H15ClN2O/c1-10-7-11(2)12-9-16(19-15(12)8-10)17(21)20-14-6-4-3-5-13(14)18/h3-9,19H,1-2H3,(H,20,21). The average Bonchev–Trinajstić information content (AvgIpc) is 2.85. The smallest absolute Gasteiger partial charge is 0.272 e. The van der Waals surface area contributed by atoms with Crippen molar-refractivity contribution < 1.29 is 4.79 Å². The van der Waals surface area contributed by atoms with Crippen LogP contribution >= 0.6 is 11.6 Å². The summed E-state index contributed by atoms with van der Waals surface area (Å²) < 4.78 is 0. The molecule has 0 atom stereocenters. The van der Waals surface area contributed by atoms with Gasteiger partial charge in [0, 0.05) is 10.9 Å². The third kappa shape index (κ3) is 2.65. The van der Waals surface area contributed by atoms with Crippen molar-refractivity contribution in [2.75, 3.05) is 5.32 Å². The monoisotopic (exact) mass is 298 g/mol. The minimum atomic E-state index is -0.198. The number of aryl methyl sites for hydroxylation is 2. The normalized spacial score (nSPS) is 10.8. The zero-order valence-electron chi connectivity index (χ0n) is 11.8. The lowest BCUT2D eigenvalue weighted by molar-refractivity contribution is 0.102. The van der Waals surface area contributed by atoms with E-state index in [4.69, 9.17) is 11.6 Å². The highest BCUT2D eigenvalue weighted by Gasteiger charge is 2.12. The van der Waals surface area contributed by atoms with Crippen LogP contribution in [0.3, 0.4) is 0 Å². The largest absolute Gasteiger partial charge is 0.351 e. The number of aromatic amines is 1. The number of aromatic nitrogens is 1. The molecule has 0 aliphatic carbocycles. The molecule has 2 aromatic carbocycles. The van der Waals surface area contributed by atoms with E-state index in [0.717, 1.165) is 16.5 Å². The second-order valence-electron chi connectivity index (χ2n) is 5.16. The SMILES string of the molecule is Cc1cc(C)c2cc(C(=O)Nc3ccccc3Cl)[nH]c2c1. The predicted octanol–water partition coefficient (Wildman–Crippen LogP) is 4.69. The van der Waals surface area contributed by atoms with Crippen LogP contribution < -0.4 is 5.32 Å². The van der Waals surface area contributed by atoms with Crippen LogP contribution in [0, 0.1) is 13.8 Å². The first-order valence-corrected chi connectivity index (χ1v) is 7.08. The number of carbonyl (C=O) groups is 1. The quantitative estimate of drug-likeness (QED) is 0.708. The van der Waals surface area contributed by atoms with Crippen LogP contribution in [-0.4, -0.2) is 10.9 Å². The Kier molecular flexibility index (Phi) is 3.43. The van der Waals surface area contributed by atoms with E-state index >= 15 is 0 Å². The molecule has 106 valence electrons. The molecular formula is C17H15ClN2O. The number of halogens is 1. The molecule has 21 heavy (non-hydrogen) atoms. The fourth-order valence-corrected chi connectivity index (χ4v) is 2.66. The first-order valence-electron chi connectivity index (χ1n) is 6.70. The summed E-state index contributed by atoms with van der Waals surface area (Å²) in [7, 11) is 0. The van der Waals surface area contributed by atoms with E-state index in [0.29, 0.717) is 16.4 Å². The molecule has 0 spiro atoms. The molecule has 3 nitrogen and oxygen atoms in total. The first-order chi connectivity index (χ1) is 10.0. The lowest BCUT2D eigenvalue weighted by Gasteiger charge is -2.05. The van der Waals surface area contributed by atoms with E-state index in [1.165, 1.54) is 5.56 Å². The molecule has 0 unspecified atom stereocenters. The van der Waals surface area contributed by atoms with Crippen LogP contribution in [0.15, 0.2) is 42.5 Å². The van der Waals surface area contributed by atoms with Crippen LogP contribution in [0.1, 0.15) is 21.6 Å². The Morgan fingerprint density at radius 1 is 1.14 bits per heavy atom. The van der Waals surface area contributed by atoms with Crippen molar-refractivity contribution in [1.29, 1.82) is 0 Å². The van der Waals surface area contributed by atoms with Crippen LogP contribution in [-0.2, 0) is 0 Å². The Hall–Kier alpha value is -2.26. The van der Waals surface area contributed by atoms with Crippen molar-refractivity contribution in [1.82, 2.24) is 4.98 Å². The summed E-state index contributed by atoms with van der Waals surface area (Å²) in [6.45, 7) is 4.08. The molecule has 0 aliphatic rings. The number of carbonyl (C=O) groups excluding carboxylic acids is 1. The maximum atomic E-state index is 12.3. The van der Waals surface area contributed by atoms with Gasteiger partial charge >= 0.3 is 0 Å². The number of nitrogens with one attached hydrogen (secondary N) is 2. The van der Waals surface area contributed by atoms with Crippen LogP contribution in [0.2, 0.25) is 5.02 Å². The van der Waals surface area contributed by atoms with Gasteiger partial charge in [-0.1, -0.05) is 29.8 Å². The molecule has 4 heteroatoms. The summed E-state index contributed by atoms with van der Waals surface area (Å²) in [6, 6.07) is 13.2. The summed E-state index contributed by atoms with van der Waals surface area (Å²) in [5, 5.41) is 4.40. The molecule has 0 saturated heterocycles. The molecule has 0 fully saturated rings. The van der Waals surface area contributed by atoms with Gasteiger partial charge in [0.25, 0.3) is 5.91 Å². The predicted molar refractivity (Wildman–Crippen MR) is 87.2 cm³/mol. The molecule has 3 rings (SSSR count). The number of hydrogen-bond donors (Lipinski definition) is 2. The Balaban J connectivity index is 1.95. The number of anilines is 1. The van der Waals surface area contributed by atoms with Crippen molar-refractivity contribution in [2.24, 2.45) is 0 Å². The summed E-state index contributed by atoms with van der Waals surface area (Å²) in [6.07, 6.45) is 0. The van der Waals surface area contributed by atoms with E-state index in [-0.39, 0.29) is 5.91 Å². The van der Waals surface area contributed by atoms with E-state index in [9.17, 15) is 4.79 Å². The van der Waals surface area contributed by atoms with Crippen molar-refractivity contribution in [3.8, 4) is 0 Å². The summed E-state index contributed by atoms with van der Waals surface area (Å²) >= 11 is 6.06. The second kappa shape index (κ2) is 5.26. The van der Waals surface area contributed by atoms with E-state index in [1.54, 1.807) is 12.1 Å². The first kappa shape index (κ1) is 13.7. The minimum Gasteiger partial charge on any atom is -0.351 e. The van der Waals surface area contributed by atoms with E-state index in [2.05, 4.69) is 16.4 Å². The highest BCUT2D eigenvalue weighted by atomic mass is 35.5. The number of amides is 1. The Morgan fingerprint density at radius 2 is 1.90 bits per heavy atom. The number of hydrogen-bond acceptors (Lipinski definition) is 1. The van der Waals surface area contributed by atoms with E-state index in [1.807, 2.05) is 38.1 Å². The molecule has 0 radical (unpaired) electrons. The zero-order valence-corrected chi connectivity index (χ0v) is 12.6. The van der Waals surface area contributed by atoms with Crippen LogP contribution in [0.4, 0.5) is 5.69 Å². The zero-order chi connectivity index (χ0) is 15.0. The third-order valence-electron chi connectivity index (χ3n) is 3.46. The molecule has 0 bridgehead atoms. The molecule has 3 aromatic rings. The van der Waals surface area contributed by atoms with Gasteiger partial charge in [0.05, 0.1) is 10.7 Å². The summed E-state index contributed by atoms with van der Waals surface area (Å²) in [5.74, 6) is -0.198. The number of benzene rings is 2. The fourth-order valence-electron chi connectivity index (χ4n) is 2.47. The lowest BCUT2D eigenvalue weighted by Crippen LogP contribution is -2.12. The van der Waals surface area contributed by atoms with Gasteiger partial charge in [0.2, 0.25) is 0 Å². The average molecular weight is 299 g/mol. The molecule has 1 heterocycles. The van der Waals surface area contributed by atoms with Gasteiger partial charge in [-0.3, -0.25) is 4.79 Å². The number of fused-ring (bicyclic) bond motifs is 1. The molecular weight excluding hydrogens is 284 g/mol. The highest BCUT2D eigenvalue weighted by Crippen LogP contribution is 2.24. The van der Waals surface area contributed by atoms with Crippen molar-refractivity contribution >= 4 is 34.1 Å². The molecule has 0 aliphatic heterocycles. The highest BCUT2D eigenvalue weighted by molar-refractivity contribution is 6.33. The second-order valence-corrected chi connectivity index (χ2v) is 5.57. The Morgan fingerprint density at radius 3 is 2.67 bits per heavy atom. The lowest BCUT2D eigenvalue weighted by atomic mass is 10.1. The van der Waals surface area contributed by atoms with Gasteiger partial charge in [-0.2, -0.15) is 0 Å². The minimum absolute atomic E-state index is 0.198. The molecule has 0 saturated carbocycles. The van der Waals surface area contributed by atoms with Crippen LogP contribution in [0.5, 0.6) is 0 Å². The third-order valence-corrected chi connectivity index (χ3v) is 3.79. The Labute approximate surface area is 127 Å². The van der Waals surface area contributed by atoms with Gasteiger partial charge in [0.15, 0.2) is 0 Å². The van der Waals surface area contributed by atoms with Gasteiger partial charge in [-0.15, -0.1) is 0 Å². The summed E-state index contributed by atoms with van der Waals surface area (Å²) in [5.41, 5.74) is 4.42. The van der Waals surface area contributed by atoms with Crippen LogP contribution in [0.25, 0.3) is 10.9 Å². The fraction of sp³-hybridized carbons (Fsp3) is 0.118. The molecule has 1 amide bonds. The maximum Gasteiger partial charge on any atom is 0.272 e. The van der Waals surface area contributed by atoms with Crippen molar-refractivity contribution in [2.45, 2.75) is 13.8 Å². The number of rotatable bonds is 2. The Bertz CT molecular complexity index is 836. The van der Waals surface area contributed by atoms with Crippen molar-refractivity contribution in [3.05, 3.63) is 64.3 Å². The summed E-state index contributed by atoms with van der Waals surface area (Å²) in [4.78, 5) is 15.5. The van der Waals surface area contributed by atoms with Gasteiger partial charge in [-0.05, 0) is 49.2 Å². The number of H-pyrrole nitrogens is 1. The molecule has 2 N–H and O–H groups in total. The van der Waals surface area contributed by atoms with Gasteiger partial charge < -0.3 is 10.3 Å². The van der Waals surface area contributed by atoms with E-state index < -0.39 is 0 Å².